The summed E-state index contributed by atoms with van der Waals surface area (Å²) in [5, 5.41) is 5.82. The molecule has 0 spiro atoms. The van der Waals surface area contributed by atoms with E-state index in [4.69, 9.17) is 5.73 Å². The molecule has 0 aromatic heterocycles. The van der Waals surface area contributed by atoms with Gasteiger partial charge < -0.3 is 16.4 Å². The molecular formula is C10H21N3O. The maximum Gasteiger partial charge on any atom is 0.315 e. The first-order valence-corrected chi connectivity index (χ1v) is 5.40. The van der Waals surface area contributed by atoms with Crippen LogP contribution in [-0.2, 0) is 0 Å². The van der Waals surface area contributed by atoms with Gasteiger partial charge in [-0.2, -0.15) is 0 Å². The molecule has 0 bridgehead atoms. The highest BCUT2D eigenvalue weighted by molar-refractivity contribution is 5.74. The van der Waals surface area contributed by atoms with Gasteiger partial charge in [0.05, 0.1) is 0 Å². The Labute approximate surface area is 85.6 Å². The third kappa shape index (κ3) is 3.18. The lowest BCUT2D eigenvalue weighted by Crippen LogP contribution is -2.51. The Kier molecular flexibility index (Phi) is 4.20. The zero-order valence-corrected chi connectivity index (χ0v) is 9.05. The summed E-state index contributed by atoms with van der Waals surface area (Å²) in [5.74, 6) is 0.382. The summed E-state index contributed by atoms with van der Waals surface area (Å²) in [6.07, 6.45) is 3.46. The summed E-state index contributed by atoms with van der Waals surface area (Å²) in [4.78, 5) is 11.4. The van der Waals surface area contributed by atoms with Crippen molar-refractivity contribution in [3.63, 3.8) is 0 Å². The number of carbonyl (C=O) groups excluding carboxylic acids is 1. The molecule has 1 saturated carbocycles. The molecule has 4 heteroatoms. The fraction of sp³-hybridized carbons (Fsp3) is 0.900. The molecule has 1 rings (SSSR count). The standard InChI is InChI=1S/C10H21N3O/c1-7(2)9(6-11)13-10(14)12-8-4-3-5-8/h7-9H,3-6,11H2,1-2H3,(H2,12,13,14). The molecule has 4 nitrogen and oxygen atoms in total. The summed E-state index contributed by atoms with van der Waals surface area (Å²) >= 11 is 0. The molecule has 0 aromatic carbocycles. The molecule has 14 heavy (non-hydrogen) atoms. The summed E-state index contributed by atoms with van der Waals surface area (Å²) in [6, 6.07) is 0.398. The predicted octanol–water partition coefficient (Wildman–Crippen LogP) is 0.821. The summed E-state index contributed by atoms with van der Waals surface area (Å²) in [5.41, 5.74) is 5.56. The number of hydrogen-bond donors (Lipinski definition) is 3. The van der Waals surface area contributed by atoms with Crippen LogP contribution in [0, 0.1) is 5.92 Å². The molecule has 1 atom stereocenters. The minimum Gasteiger partial charge on any atom is -0.335 e. The van der Waals surface area contributed by atoms with Crippen molar-refractivity contribution in [2.24, 2.45) is 11.7 Å². The van der Waals surface area contributed by atoms with Crippen LogP contribution in [0.15, 0.2) is 0 Å². The van der Waals surface area contributed by atoms with Crippen LogP contribution in [0.1, 0.15) is 33.1 Å². The van der Waals surface area contributed by atoms with Gasteiger partial charge in [-0.1, -0.05) is 13.8 Å². The smallest absolute Gasteiger partial charge is 0.315 e. The maximum absolute atomic E-state index is 11.4. The van der Waals surface area contributed by atoms with Crippen LogP contribution in [0.2, 0.25) is 0 Å². The number of amides is 2. The van der Waals surface area contributed by atoms with Gasteiger partial charge in [-0.3, -0.25) is 0 Å². The highest BCUT2D eigenvalue weighted by Crippen LogP contribution is 2.17. The lowest BCUT2D eigenvalue weighted by atomic mass is 9.93. The molecule has 0 radical (unpaired) electrons. The molecule has 4 N–H and O–H groups in total. The normalized spacial score (nSPS) is 18.9. The summed E-state index contributed by atoms with van der Waals surface area (Å²) in [6.45, 7) is 4.61. The van der Waals surface area contributed by atoms with Crippen LogP contribution >= 0.6 is 0 Å². The van der Waals surface area contributed by atoms with E-state index in [0.29, 0.717) is 18.5 Å². The molecular weight excluding hydrogens is 178 g/mol. The quantitative estimate of drug-likeness (QED) is 0.627. The van der Waals surface area contributed by atoms with Crippen molar-refractivity contribution in [3.8, 4) is 0 Å². The number of nitrogens with two attached hydrogens (primary N) is 1. The van der Waals surface area contributed by atoms with Gasteiger partial charge in [0.1, 0.15) is 0 Å². The lowest BCUT2D eigenvalue weighted by Gasteiger charge is -2.28. The molecule has 1 aliphatic carbocycles. The van der Waals surface area contributed by atoms with E-state index in [9.17, 15) is 4.79 Å². The van der Waals surface area contributed by atoms with Crippen LogP contribution in [0.5, 0.6) is 0 Å². The number of carbonyl (C=O) groups is 1. The largest absolute Gasteiger partial charge is 0.335 e. The predicted molar refractivity (Wildman–Crippen MR) is 57.0 cm³/mol. The van der Waals surface area contributed by atoms with E-state index in [-0.39, 0.29) is 12.1 Å². The minimum absolute atomic E-state index is 0.0705. The molecule has 1 aliphatic rings. The van der Waals surface area contributed by atoms with E-state index >= 15 is 0 Å². The molecule has 0 aliphatic heterocycles. The lowest BCUT2D eigenvalue weighted by molar-refractivity contribution is 0.221. The number of nitrogens with one attached hydrogen (secondary N) is 2. The van der Waals surface area contributed by atoms with E-state index in [1.54, 1.807) is 0 Å². The zero-order valence-electron chi connectivity index (χ0n) is 9.05. The van der Waals surface area contributed by atoms with Gasteiger partial charge >= 0.3 is 6.03 Å². The Morgan fingerprint density at radius 2 is 2.14 bits per heavy atom. The van der Waals surface area contributed by atoms with Gasteiger partial charge in [-0.05, 0) is 25.2 Å². The molecule has 0 aromatic rings. The molecule has 1 unspecified atom stereocenters. The van der Waals surface area contributed by atoms with Crippen molar-refractivity contribution >= 4 is 6.03 Å². The Bertz CT molecular complexity index is 190. The van der Waals surface area contributed by atoms with Crippen LogP contribution in [0.4, 0.5) is 4.79 Å². The van der Waals surface area contributed by atoms with E-state index < -0.39 is 0 Å². The van der Waals surface area contributed by atoms with Gasteiger partial charge in [-0.25, -0.2) is 4.79 Å². The zero-order chi connectivity index (χ0) is 10.6. The minimum atomic E-state index is -0.0705. The van der Waals surface area contributed by atoms with Crippen molar-refractivity contribution in [1.29, 1.82) is 0 Å². The van der Waals surface area contributed by atoms with Crippen LogP contribution in [-0.4, -0.2) is 24.7 Å². The first-order valence-electron chi connectivity index (χ1n) is 5.40. The second-order valence-corrected chi connectivity index (χ2v) is 4.33. The summed E-state index contributed by atoms with van der Waals surface area (Å²) < 4.78 is 0. The maximum atomic E-state index is 11.4. The van der Waals surface area contributed by atoms with E-state index in [2.05, 4.69) is 24.5 Å². The van der Waals surface area contributed by atoms with Crippen molar-refractivity contribution < 1.29 is 4.79 Å². The molecule has 82 valence electrons. The Hall–Kier alpha value is -0.770. The average Bonchev–Trinajstić information content (AvgIpc) is 2.07. The van der Waals surface area contributed by atoms with Crippen LogP contribution in [0.3, 0.4) is 0 Å². The van der Waals surface area contributed by atoms with Crippen molar-refractivity contribution in [2.45, 2.75) is 45.2 Å². The van der Waals surface area contributed by atoms with E-state index in [1.807, 2.05) is 0 Å². The number of urea groups is 1. The average molecular weight is 199 g/mol. The Morgan fingerprint density at radius 3 is 2.50 bits per heavy atom. The van der Waals surface area contributed by atoms with Crippen molar-refractivity contribution in [2.75, 3.05) is 6.54 Å². The van der Waals surface area contributed by atoms with Gasteiger partial charge in [0.15, 0.2) is 0 Å². The Morgan fingerprint density at radius 1 is 1.50 bits per heavy atom. The molecule has 2 amide bonds. The monoisotopic (exact) mass is 199 g/mol. The number of rotatable bonds is 4. The van der Waals surface area contributed by atoms with Gasteiger partial charge in [0.2, 0.25) is 0 Å². The van der Waals surface area contributed by atoms with Crippen LogP contribution in [0.25, 0.3) is 0 Å². The molecule has 0 saturated heterocycles. The number of hydrogen-bond acceptors (Lipinski definition) is 2. The topological polar surface area (TPSA) is 67.1 Å². The summed E-state index contributed by atoms with van der Waals surface area (Å²) in [7, 11) is 0. The third-order valence-electron chi connectivity index (χ3n) is 2.82. The molecule has 1 fully saturated rings. The first kappa shape index (κ1) is 11.3. The Balaban J connectivity index is 2.23. The van der Waals surface area contributed by atoms with E-state index in [1.165, 1.54) is 6.42 Å². The van der Waals surface area contributed by atoms with Crippen molar-refractivity contribution in [1.82, 2.24) is 10.6 Å². The fourth-order valence-electron chi connectivity index (χ4n) is 1.45. The highest BCUT2D eigenvalue weighted by atomic mass is 16.2. The van der Waals surface area contributed by atoms with Crippen LogP contribution < -0.4 is 16.4 Å². The van der Waals surface area contributed by atoms with Gasteiger partial charge in [-0.15, -0.1) is 0 Å². The SMILES string of the molecule is CC(C)C(CN)NC(=O)NC1CCC1. The fourth-order valence-corrected chi connectivity index (χ4v) is 1.45. The van der Waals surface area contributed by atoms with E-state index in [0.717, 1.165) is 12.8 Å². The van der Waals surface area contributed by atoms with Gasteiger partial charge in [0.25, 0.3) is 0 Å². The van der Waals surface area contributed by atoms with Crippen molar-refractivity contribution in [3.05, 3.63) is 0 Å². The second-order valence-electron chi connectivity index (χ2n) is 4.33. The second kappa shape index (κ2) is 5.20. The third-order valence-corrected chi connectivity index (χ3v) is 2.82. The highest BCUT2D eigenvalue weighted by Gasteiger charge is 2.21. The van der Waals surface area contributed by atoms with Gasteiger partial charge in [0, 0.05) is 18.6 Å². The first-order chi connectivity index (χ1) is 6.63. The molecule has 0 heterocycles.